The summed E-state index contributed by atoms with van der Waals surface area (Å²) in [5.41, 5.74) is -0.203. The average Bonchev–Trinajstić information content (AvgIpc) is 2.53. The van der Waals surface area contributed by atoms with Gasteiger partial charge in [-0.15, -0.1) is 0 Å². The molecule has 0 aromatic heterocycles. The van der Waals surface area contributed by atoms with E-state index in [4.69, 9.17) is 9.84 Å². The Hall–Kier alpha value is -2.18. The van der Waals surface area contributed by atoms with Crippen LogP contribution in [0.1, 0.15) is 16.8 Å². The van der Waals surface area contributed by atoms with Gasteiger partial charge in [0, 0.05) is 6.42 Å². The molecule has 0 amide bonds. The van der Waals surface area contributed by atoms with Gasteiger partial charge in [0.25, 0.3) is 0 Å². The smallest absolute Gasteiger partial charge is 0.339 e. The zero-order valence-electron chi connectivity index (χ0n) is 11.8. The predicted molar refractivity (Wildman–Crippen MR) is 82.9 cm³/mol. The summed E-state index contributed by atoms with van der Waals surface area (Å²) in [7, 11) is 0. The standard InChI is InChI=1S/C16H16O5S/c17-15-8-7-12(11-14(15)16(18)19)21-9-4-10-22(20)13-5-2-1-3-6-13/h1-3,5-8,11,17H,4,9-10H2,(H,18,19). The van der Waals surface area contributed by atoms with Crippen molar-refractivity contribution in [2.24, 2.45) is 0 Å². The largest absolute Gasteiger partial charge is 0.611 e. The fourth-order valence-corrected chi connectivity index (χ4v) is 2.92. The minimum atomic E-state index is -1.21. The number of carbonyl (C=O) groups is 1. The molecule has 22 heavy (non-hydrogen) atoms. The minimum Gasteiger partial charge on any atom is -0.611 e. The summed E-state index contributed by atoms with van der Waals surface area (Å²) < 4.78 is 17.4. The van der Waals surface area contributed by atoms with Crippen molar-refractivity contribution in [1.29, 1.82) is 0 Å². The van der Waals surface area contributed by atoms with Crippen LogP contribution in [-0.2, 0) is 11.2 Å². The second kappa shape index (κ2) is 7.72. The van der Waals surface area contributed by atoms with Crippen molar-refractivity contribution in [2.75, 3.05) is 12.4 Å². The molecule has 0 spiro atoms. The first-order valence-corrected chi connectivity index (χ1v) is 8.02. The summed E-state index contributed by atoms with van der Waals surface area (Å²) in [6, 6.07) is 13.2. The number of carboxylic acid groups (broad SMARTS) is 1. The second-order valence-electron chi connectivity index (χ2n) is 4.55. The van der Waals surface area contributed by atoms with Crippen LogP contribution in [0.4, 0.5) is 0 Å². The van der Waals surface area contributed by atoms with Gasteiger partial charge in [0.2, 0.25) is 0 Å². The van der Waals surface area contributed by atoms with E-state index in [1.165, 1.54) is 18.2 Å². The van der Waals surface area contributed by atoms with E-state index in [0.717, 1.165) is 4.90 Å². The van der Waals surface area contributed by atoms with Gasteiger partial charge >= 0.3 is 5.97 Å². The molecule has 2 N–H and O–H groups in total. The Labute approximate surface area is 131 Å². The molecule has 1 atom stereocenters. The summed E-state index contributed by atoms with van der Waals surface area (Å²) in [6.45, 7) is 0.322. The lowest BCUT2D eigenvalue weighted by molar-refractivity contribution is 0.0693. The van der Waals surface area contributed by atoms with Crippen LogP contribution in [0.5, 0.6) is 11.5 Å². The molecule has 0 fully saturated rings. The molecule has 0 aliphatic carbocycles. The zero-order valence-corrected chi connectivity index (χ0v) is 12.6. The Morgan fingerprint density at radius 1 is 1.18 bits per heavy atom. The maximum atomic E-state index is 12.0. The highest BCUT2D eigenvalue weighted by molar-refractivity contribution is 7.91. The number of hydrogen-bond acceptors (Lipinski definition) is 4. The van der Waals surface area contributed by atoms with E-state index < -0.39 is 17.1 Å². The molecule has 0 aliphatic rings. The summed E-state index contributed by atoms with van der Waals surface area (Å²) in [5, 5.41) is 18.3. The van der Waals surface area contributed by atoms with Gasteiger partial charge in [-0.3, -0.25) is 0 Å². The lowest BCUT2D eigenvalue weighted by atomic mass is 10.2. The highest BCUT2D eigenvalue weighted by Crippen LogP contribution is 2.23. The van der Waals surface area contributed by atoms with Crippen LogP contribution in [0.2, 0.25) is 0 Å². The Morgan fingerprint density at radius 2 is 1.91 bits per heavy atom. The van der Waals surface area contributed by atoms with Gasteiger partial charge in [-0.2, -0.15) is 0 Å². The normalized spacial score (nSPS) is 11.9. The summed E-state index contributed by atoms with van der Waals surface area (Å²) >= 11 is -1.07. The monoisotopic (exact) mass is 320 g/mol. The van der Waals surface area contributed by atoms with E-state index >= 15 is 0 Å². The van der Waals surface area contributed by atoms with E-state index in [-0.39, 0.29) is 11.3 Å². The minimum absolute atomic E-state index is 0.203. The van der Waals surface area contributed by atoms with Crippen LogP contribution >= 0.6 is 0 Å². The van der Waals surface area contributed by atoms with Crippen LogP contribution in [-0.4, -0.2) is 33.1 Å². The van der Waals surface area contributed by atoms with E-state index in [1.807, 2.05) is 30.3 Å². The van der Waals surface area contributed by atoms with Crippen LogP contribution in [0.15, 0.2) is 53.4 Å². The molecule has 2 aromatic carbocycles. The highest BCUT2D eigenvalue weighted by Gasteiger charge is 2.12. The van der Waals surface area contributed by atoms with E-state index in [1.54, 1.807) is 0 Å². The molecule has 0 saturated carbocycles. The van der Waals surface area contributed by atoms with Crippen molar-refractivity contribution in [3.8, 4) is 11.5 Å². The number of benzene rings is 2. The van der Waals surface area contributed by atoms with Crippen molar-refractivity contribution < 1.29 is 24.3 Å². The molecule has 0 radical (unpaired) electrons. The Morgan fingerprint density at radius 3 is 2.59 bits per heavy atom. The maximum absolute atomic E-state index is 12.0. The summed E-state index contributed by atoms with van der Waals surface area (Å²) in [5.74, 6) is -0.688. The predicted octanol–water partition coefficient (Wildman–Crippen LogP) is 2.67. The number of phenols is 1. The zero-order chi connectivity index (χ0) is 15.9. The Bertz CT molecular complexity index is 630. The van der Waals surface area contributed by atoms with Gasteiger partial charge < -0.3 is 19.5 Å². The van der Waals surface area contributed by atoms with Crippen LogP contribution < -0.4 is 4.74 Å². The molecule has 5 nitrogen and oxygen atoms in total. The molecule has 2 rings (SSSR count). The topological polar surface area (TPSA) is 89.8 Å². The SMILES string of the molecule is O=C(O)c1cc(OCCC[S+]([O-])c2ccccc2)ccc1O. The number of aromatic hydroxyl groups is 1. The molecule has 6 heteroatoms. The van der Waals surface area contributed by atoms with Gasteiger partial charge in [-0.25, -0.2) is 4.79 Å². The fourth-order valence-electron chi connectivity index (χ4n) is 1.85. The van der Waals surface area contributed by atoms with Gasteiger partial charge in [-0.1, -0.05) is 18.2 Å². The molecule has 0 aliphatic heterocycles. The average molecular weight is 320 g/mol. The molecule has 2 aromatic rings. The lowest BCUT2D eigenvalue weighted by Crippen LogP contribution is -2.10. The lowest BCUT2D eigenvalue weighted by Gasteiger charge is -2.11. The Kier molecular flexibility index (Phi) is 5.68. The fraction of sp³-hybridized carbons (Fsp3) is 0.188. The molecular formula is C16H16O5S. The first-order valence-electron chi connectivity index (χ1n) is 6.70. The second-order valence-corrected chi connectivity index (χ2v) is 6.12. The molecule has 0 bridgehead atoms. The molecule has 0 saturated heterocycles. The van der Waals surface area contributed by atoms with Gasteiger partial charge in [0.1, 0.15) is 22.8 Å². The van der Waals surface area contributed by atoms with Crippen molar-refractivity contribution in [3.05, 3.63) is 54.1 Å². The third-order valence-electron chi connectivity index (χ3n) is 2.95. The van der Waals surface area contributed by atoms with Gasteiger partial charge in [0.15, 0.2) is 4.90 Å². The van der Waals surface area contributed by atoms with E-state index in [2.05, 4.69) is 0 Å². The number of aromatic carboxylic acids is 1. The summed E-state index contributed by atoms with van der Waals surface area (Å²) in [6.07, 6.45) is 0.574. The van der Waals surface area contributed by atoms with Crippen molar-refractivity contribution in [1.82, 2.24) is 0 Å². The van der Waals surface area contributed by atoms with Crippen LogP contribution in [0.25, 0.3) is 0 Å². The number of rotatable bonds is 7. The van der Waals surface area contributed by atoms with Crippen molar-refractivity contribution >= 4 is 17.1 Å². The summed E-state index contributed by atoms with van der Waals surface area (Å²) in [4.78, 5) is 11.7. The highest BCUT2D eigenvalue weighted by atomic mass is 32.2. The Balaban J connectivity index is 1.82. The van der Waals surface area contributed by atoms with Crippen LogP contribution in [0, 0.1) is 0 Å². The number of carboxylic acids is 1. The van der Waals surface area contributed by atoms with Crippen LogP contribution in [0.3, 0.4) is 0 Å². The first kappa shape index (κ1) is 16.2. The number of hydrogen-bond donors (Lipinski definition) is 2. The number of ether oxygens (including phenoxy) is 1. The van der Waals surface area contributed by atoms with Crippen molar-refractivity contribution in [2.45, 2.75) is 11.3 Å². The molecule has 1 unspecified atom stereocenters. The van der Waals surface area contributed by atoms with E-state index in [9.17, 15) is 14.5 Å². The molecule has 116 valence electrons. The first-order chi connectivity index (χ1) is 10.6. The quantitative estimate of drug-likeness (QED) is 0.604. The van der Waals surface area contributed by atoms with Crippen molar-refractivity contribution in [3.63, 3.8) is 0 Å². The van der Waals surface area contributed by atoms with Gasteiger partial charge in [-0.05, 0) is 41.5 Å². The van der Waals surface area contributed by atoms with Gasteiger partial charge in [0.05, 0.1) is 6.61 Å². The van der Waals surface area contributed by atoms with E-state index in [0.29, 0.717) is 24.5 Å². The maximum Gasteiger partial charge on any atom is 0.339 e. The molecular weight excluding hydrogens is 304 g/mol. The third-order valence-corrected chi connectivity index (χ3v) is 4.40. The molecule has 0 heterocycles. The third kappa shape index (κ3) is 4.41.